The number of rotatable bonds is 7. The molecule has 0 bridgehead atoms. The molecule has 0 saturated carbocycles. The lowest BCUT2D eigenvalue weighted by Gasteiger charge is -2.34. The van der Waals surface area contributed by atoms with Crippen LogP contribution in [0.4, 0.5) is 10.1 Å². The SMILES string of the molecule is Cc1cc(OCc2ccc(C(=O)N3CCN(Cc4ccc(F)cc4Cl)CC3)o2)ccc1[N+](=O)[O-]. The van der Waals surface area contributed by atoms with Gasteiger partial charge in [0.15, 0.2) is 5.76 Å². The van der Waals surface area contributed by atoms with Crippen LogP contribution in [0.1, 0.15) is 27.4 Å². The Morgan fingerprint density at radius 3 is 2.59 bits per heavy atom. The van der Waals surface area contributed by atoms with E-state index in [0.717, 1.165) is 5.56 Å². The van der Waals surface area contributed by atoms with Crippen molar-refractivity contribution in [1.29, 1.82) is 0 Å². The molecule has 1 aliphatic rings. The highest BCUT2D eigenvalue weighted by atomic mass is 35.5. The molecule has 1 aromatic heterocycles. The summed E-state index contributed by atoms with van der Waals surface area (Å²) in [6.07, 6.45) is 0. The molecule has 1 saturated heterocycles. The first kappa shape index (κ1) is 23.7. The summed E-state index contributed by atoms with van der Waals surface area (Å²) >= 11 is 6.12. The van der Waals surface area contributed by atoms with E-state index in [9.17, 15) is 19.3 Å². The average molecular weight is 488 g/mol. The van der Waals surface area contributed by atoms with E-state index in [1.54, 1.807) is 36.1 Å². The zero-order valence-corrected chi connectivity index (χ0v) is 19.3. The molecule has 4 rings (SSSR count). The highest BCUT2D eigenvalue weighted by Gasteiger charge is 2.25. The molecule has 34 heavy (non-hydrogen) atoms. The van der Waals surface area contributed by atoms with Gasteiger partial charge in [0.1, 0.15) is 23.9 Å². The van der Waals surface area contributed by atoms with Crippen molar-refractivity contribution < 1.29 is 23.3 Å². The Morgan fingerprint density at radius 1 is 1.15 bits per heavy atom. The first-order valence-electron chi connectivity index (χ1n) is 10.7. The number of nitro groups is 1. The molecular formula is C24H23ClFN3O5. The molecule has 178 valence electrons. The van der Waals surface area contributed by atoms with Crippen molar-refractivity contribution in [3.8, 4) is 5.75 Å². The standard InChI is InChI=1S/C24H23ClFN3O5/c1-16-12-19(4-6-22(16)29(31)32)33-15-20-5-7-23(34-20)24(30)28-10-8-27(9-11-28)14-17-2-3-18(26)13-21(17)25/h2-7,12-13H,8-11,14-15H2,1H3. The first-order valence-corrected chi connectivity index (χ1v) is 11.1. The number of carbonyl (C=O) groups excluding carboxylic acids is 1. The molecule has 0 aliphatic carbocycles. The Balaban J connectivity index is 1.29. The van der Waals surface area contributed by atoms with Crippen molar-refractivity contribution in [1.82, 2.24) is 9.80 Å². The highest BCUT2D eigenvalue weighted by Crippen LogP contribution is 2.24. The molecule has 0 atom stereocenters. The normalized spacial score (nSPS) is 14.3. The van der Waals surface area contributed by atoms with Crippen molar-refractivity contribution in [3.63, 3.8) is 0 Å². The highest BCUT2D eigenvalue weighted by molar-refractivity contribution is 6.31. The van der Waals surface area contributed by atoms with Crippen LogP contribution < -0.4 is 4.74 Å². The fourth-order valence-electron chi connectivity index (χ4n) is 3.80. The Kier molecular flexibility index (Phi) is 7.14. The van der Waals surface area contributed by atoms with Crippen molar-refractivity contribution in [2.45, 2.75) is 20.1 Å². The molecule has 2 heterocycles. The topological polar surface area (TPSA) is 89.1 Å². The van der Waals surface area contributed by atoms with Crippen LogP contribution in [0, 0.1) is 22.9 Å². The van der Waals surface area contributed by atoms with Crippen LogP contribution in [0.25, 0.3) is 0 Å². The number of carbonyl (C=O) groups is 1. The van der Waals surface area contributed by atoms with Gasteiger partial charge in [-0.3, -0.25) is 19.8 Å². The number of ether oxygens (including phenoxy) is 1. The monoisotopic (exact) mass is 487 g/mol. The summed E-state index contributed by atoms with van der Waals surface area (Å²) < 4.78 is 24.6. The van der Waals surface area contributed by atoms with E-state index in [4.69, 9.17) is 20.8 Å². The average Bonchev–Trinajstić information content (AvgIpc) is 3.28. The molecule has 1 aliphatic heterocycles. The summed E-state index contributed by atoms with van der Waals surface area (Å²) in [5, 5.41) is 11.3. The van der Waals surface area contributed by atoms with E-state index in [1.807, 2.05) is 0 Å². The number of nitrogens with zero attached hydrogens (tertiary/aromatic N) is 3. The third-order valence-electron chi connectivity index (χ3n) is 5.69. The minimum atomic E-state index is -0.443. The molecule has 8 nitrogen and oxygen atoms in total. The van der Waals surface area contributed by atoms with Gasteiger partial charge < -0.3 is 14.1 Å². The number of nitro benzene ring substituents is 1. The molecule has 1 fully saturated rings. The maximum Gasteiger partial charge on any atom is 0.289 e. The first-order chi connectivity index (χ1) is 16.3. The number of piperazine rings is 1. The molecule has 0 N–H and O–H groups in total. The van der Waals surface area contributed by atoms with Crippen molar-refractivity contribution in [2.24, 2.45) is 0 Å². The number of aryl methyl sites for hydroxylation is 1. The van der Waals surface area contributed by atoms with Crippen LogP contribution in [0.3, 0.4) is 0 Å². The van der Waals surface area contributed by atoms with Crippen LogP contribution in [0.5, 0.6) is 5.75 Å². The van der Waals surface area contributed by atoms with Crippen molar-refractivity contribution >= 4 is 23.2 Å². The molecule has 3 aromatic rings. The Bertz CT molecular complexity index is 1210. The lowest BCUT2D eigenvalue weighted by Crippen LogP contribution is -2.48. The number of halogens is 2. The third-order valence-corrected chi connectivity index (χ3v) is 6.04. The van der Waals surface area contributed by atoms with E-state index < -0.39 is 4.92 Å². The number of benzene rings is 2. The van der Waals surface area contributed by atoms with Crippen LogP contribution in [0.2, 0.25) is 5.02 Å². The fourth-order valence-corrected chi connectivity index (χ4v) is 4.03. The smallest absolute Gasteiger partial charge is 0.289 e. The summed E-state index contributed by atoms with van der Waals surface area (Å²) in [5.41, 5.74) is 1.37. The third kappa shape index (κ3) is 5.55. The maximum absolute atomic E-state index is 13.2. The molecule has 0 unspecified atom stereocenters. The Labute approximate surface area is 200 Å². The van der Waals surface area contributed by atoms with E-state index in [0.29, 0.717) is 54.8 Å². The van der Waals surface area contributed by atoms with Gasteiger partial charge in [0.05, 0.1) is 4.92 Å². The van der Waals surface area contributed by atoms with Crippen LogP contribution >= 0.6 is 11.6 Å². The predicted octanol–water partition coefficient (Wildman–Crippen LogP) is 4.83. The van der Waals surface area contributed by atoms with E-state index in [1.165, 1.54) is 24.3 Å². The zero-order valence-electron chi connectivity index (χ0n) is 18.5. The van der Waals surface area contributed by atoms with Gasteiger partial charge in [-0.1, -0.05) is 17.7 Å². The van der Waals surface area contributed by atoms with Gasteiger partial charge in [0.25, 0.3) is 11.6 Å². The van der Waals surface area contributed by atoms with Crippen molar-refractivity contribution in [3.05, 3.63) is 92.1 Å². The second-order valence-corrected chi connectivity index (χ2v) is 8.47. The summed E-state index contributed by atoms with van der Waals surface area (Å²) in [4.78, 5) is 27.2. The minimum absolute atomic E-state index is 0.0269. The van der Waals surface area contributed by atoms with Crippen LogP contribution in [-0.2, 0) is 13.2 Å². The quantitative estimate of drug-likeness (QED) is 0.350. The molecular weight excluding hydrogens is 465 g/mol. The number of amides is 1. The van der Waals surface area contributed by atoms with E-state index in [2.05, 4.69) is 4.90 Å². The van der Waals surface area contributed by atoms with Gasteiger partial charge in [-0.05, 0) is 48.9 Å². The summed E-state index contributed by atoms with van der Waals surface area (Å²) in [6, 6.07) is 12.2. The van der Waals surface area contributed by atoms with Crippen LogP contribution in [-0.4, -0.2) is 46.8 Å². The minimum Gasteiger partial charge on any atom is -0.486 e. The van der Waals surface area contributed by atoms with Gasteiger partial charge in [-0.15, -0.1) is 0 Å². The summed E-state index contributed by atoms with van der Waals surface area (Å²) in [5.74, 6) is 0.620. The predicted molar refractivity (Wildman–Crippen MR) is 123 cm³/mol. The Morgan fingerprint density at radius 2 is 1.91 bits per heavy atom. The molecule has 0 radical (unpaired) electrons. The summed E-state index contributed by atoms with van der Waals surface area (Å²) in [7, 11) is 0. The van der Waals surface area contributed by atoms with E-state index in [-0.39, 0.29) is 29.8 Å². The molecule has 1 amide bonds. The van der Waals surface area contributed by atoms with E-state index >= 15 is 0 Å². The van der Waals surface area contributed by atoms with Crippen molar-refractivity contribution in [2.75, 3.05) is 26.2 Å². The summed E-state index contributed by atoms with van der Waals surface area (Å²) in [6.45, 7) is 4.72. The van der Waals surface area contributed by atoms with Gasteiger partial charge in [-0.25, -0.2) is 4.39 Å². The number of furan rings is 1. The van der Waals surface area contributed by atoms with Gasteiger partial charge in [-0.2, -0.15) is 0 Å². The zero-order chi connectivity index (χ0) is 24.2. The number of hydrogen-bond acceptors (Lipinski definition) is 6. The number of hydrogen-bond donors (Lipinski definition) is 0. The van der Waals surface area contributed by atoms with Gasteiger partial charge in [0, 0.05) is 49.4 Å². The fraction of sp³-hybridized carbons (Fsp3) is 0.292. The lowest BCUT2D eigenvalue weighted by molar-refractivity contribution is -0.385. The molecule has 10 heteroatoms. The molecule has 0 spiro atoms. The second kappa shape index (κ2) is 10.2. The lowest BCUT2D eigenvalue weighted by atomic mass is 10.2. The molecule has 2 aromatic carbocycles. The maximum atomic E-state index is 13.2. The largest absolute Gasteiger partial charge is 0.486 e. The van der Waals surface area contributed by atoms with Gasteiger partial charge >= 0.3 is 0 Å². The Hall–Kier alpha value is -3.43. The second-order valence-electron chi connectivity index (χ2n) is 8.06. The van der Waals surface area contributed by atoms with Gasteiger partial charge in [0.2, 0.25) is 0 Å². The van der Waals surface area contributed by atoms with Crippen LogP contribution in [0.15, 0.2) is 52.9 Å².